The fourth-order valence-electron chi connectivity index (χ4n) is 2.13. The summed E-state index contributed by atoms with van der Waals surface area (Å²) in [5.41, 5.74) is 0.0203. The molecule has 12 heavy (non-hydrogen) atoms. The van der Waals surface area contributed by atoms with Crippen molar-refractivity contribution >= 4 is 6.29 Å². The Morgan fingerprint density at radius 1 is 1.33 bits per heavy atom. The second kappa shape index (κ2) is 3.59. The third-order valence-electron chi connectivity index (χ3n) is 3.59. The molecule has 0 aromatic heterocycles. The summed E-state index contributed by atoms with van der Waals surface area (Å²) in [4.78, 5) is 11.0. The van der Waals surface area contributed by atoms with E-state index in [4.69, 9.17) is 0 Å². The van der Waals surface area contributed by atoms with Gasteiger partial charge in [0.15, 0.2) is 0 Å². The Morgan fingerprint density at radius 3 is 2.17 bits per heavy atom. The molecule has 1 saturated carbocycles. The Bertz CT molecular complexity index is 152. The molecule has 1 rings (SSSR count). The fourth-order valence-corrected chi connectivity index (χ4v) is 2.13. The molecule has 0 aromatic carbocycles. The standard InChI is InChI=1S/C11H20O/c1-9(2)11(8-12)6-4-10(3)5-7-11/h8-10H,4-7H2,1-3H3. The van der Waals surface area contributed by atoms with Crippen LogP contribution >= 0.6 is 0 Å². The highest BCUT2D eigenvalue weighted by Crippen LogP contribution is 2.42. The summed E-state index contributed by atoms with van der Waals surface area (Å²) in [5.74, 6) is 1.35. The highest BCUT2D eigenvalue weighted by atomic mass is 16.1. The Morgan fingerprint density at radius 2 is 1.83 bits per heavy atom. The number of hydrogen-bond donors (Lipinski definition) is 0. The molecule has 0 bridgehead atoms. The summed E-state index contributed by atoms with van der Waals surface area (Å²) in [5, 5.41) is 0. The van der Waals surface area contributed by atoms with Crippen molar-refractivity contribution in [1.82, 2.24) is 0 Å². The van der Waals surface area contributed by atoms with Crippen molar-refractivity contribution in [3.63, 3.8) is 0 Å². The van der Waals surface area contributed by atoms with Gasteiger partial charge in [-0.15, -0.1) is 0 Å². The average Bonchev–Trinajstić information content (AvgIpc) is 2.06. The largest absolute Gasteiger partial charge is 0.303 e. The lowest BCUT2D eigenvalue weighted by molar-refractivity contribution is -0.121. The number of carbonyl (C=O) groups is 1. The van der Waals surface area contributed by atoms with Crippen molar-refractivity contribution in [2.24, 2.45) is 17.3 Å². The van der Waals surface area contributed by atoms with Crippen LogP contribution in [0, 0.1) is 17.3 Å². The van der Waals surface area contributed by atoms with Crippen molar-refractivity contribution < 1.29 is 4.79 Å². The molecular weight excluding hydrogens is 148 g/mol. The Kier molecular flexibility index (Phi) is 2.92. The minimum Gasteiger partial charge on any atom is -0.303 e. The molecule has 1 heteroatoms. The van der Waals surface area contributed by atoms with Crippen LogP contribution in [0.4, 0.5) is 0 Å². The van der Waals surface area contributed by atoms with Crippen LogP contribution in [0.25, 0.3) is 0 Å². The summed E-state index contributed by atoms with van der Waals surface area (Å²) in [6.07, 6.45) is 5.89. The molecule has 1 aliphatic carbocycles. The van der Waals surface area contributed by atoms with Crippen LogP contribution in [0.2, 0.25) is 0 Å². The van der Waals surface area contributed by atoms with Gasteiger partial charge in [0.1, 0.15) is 6.29 Å². The van der Waals surface area contributed by atoms with E-state index >= 15 is 0 Å². The topological polar surface area (TPSA) is 17.1 Å². The van der Waals surface area contributed by atoms with E-state index in [1.165, 1.54) is 19.1 Å². The lowest BCUT2D eigenvalue weighted by Gasteiger charge is -2.38. The summed E-state index contributed by atoms with van der Waals surface area (Å²) in [7, 11) is 0. The van der Waals surface area contributed by atoms with E-state index in [2.05, 4.69) is 20.8 Å². The van der Waals surface area contributed by atoms with Gasteiger partial charge < -0.3 is 4.79 Å². The smallest absolute Gasteiger partial charge is 0.126 e. The molecule has 0 saturated heterocycles. The summed E-state index contributed by atoms with van der Waals surface area (Å²) in [6, 6.07) is 0. The Labute approximate surface area is 75.5 Å². The van der Waals surface area contributed by atoms with E-state index in [0.29, 0.717) is 5.92 Å². The fraction of sp³-hybridized carbons (Fsp3) is 0.909. The normalized spacial score (nSPS) is 36.8. The van der Waals surface area contributed by atoms with Crippen LogP contribution in [0.5, 0.6) is 0 Å². The molecular formula is C11H20O. The first kappa shape index (κ1) is 9.76. The van der Waals surface area contributed by atoms with E-state index in [9.17, 15) is 4.79 Å². The summed E-state index contributed by atoms with van der Waals surface area (Å²) < 4.78 is 0. The third kappa shape index (κ3) is 1.70. The molecule has 1 fully saturated rings. The summed E-state index contributed by atoms with van der Waals surface area (Å²) in [6.45, 7) is 6.63. The maximum atomic E-state index is 11.0. The predicted octanol–water partition coefficient (Wildman–Crippen LogP) is 3.04. The van der Waals surface area contributed by atoms with Crippen molar-refractivity contribution in [1.29, 1.82) is 0 Å². The molecule has 0 radical (unpaired) electrons. The first-order chi connectivity index (χ1) is 5.60. The van der Waals surface area contributed by atoms with Crippen molar-refractivity contribution in [3.8, 4) is 0 Å². The molecule has 0 heterocycles. The van der Waals surface area contributed by atoms with E-state index in [-0.39, 0.29) is 5.41 Å². The van der Waals surface area contributed by atoms with Gasteiger partial charge in [0.05, 0.1) is 0 Å². The number of aldehydes is 1. The van der Waals surface area contributed by atoms with E-state index < -0.39 is 0 Å². The minimum absolute atomic E-state index is 0.0203. The van der Waals surface area contributed by atoms with Crippen LogP contribution in [0.15, 0.2) is 0 Å². The van der Waals surface area contributed by atoms with Crippen LogP contribution in [0.3, 0.4) is 0 Å². The monoisotopic (exact) mass is 168 g/mol. The number of rotatable bonds is 2. The lowest BCUT2D eigenvalue weighted by atomic mass is 9.66. The second-order valence-electron chi connectivity index (χ2n) is 4.69. The van der Waals surface area contributed by atoms with Crippen molar-refractivity contribution in [2.45, 2.75) is 46.5 Å². The molecule has 0 unspecified atom stereocenters. The zero-order valence-electron chi connectivity index (χ0n) is 8.47. The van der Waals surface area contributed by atoms with Crippen molar-refractivity contribution in [3.05, 3.63) is 0 Å². The molecule has 0 aromatic rings. The van der Waals surface area contributed by atoms with Gasteiger partial charge in [-0.1, -0.05) is 20.8 Å². The predicted molar refractivity (Wildman–Crippen MR) is 51.0 cm³/mol. The zero-order chi connectivity index (χ0) is 9.19. The number of carbonyl (C=O) groups excluding carboxylic acids is 1. The first-order valence-electron chi connectivity index (χ1n) is 5.07. The minimum atomic E-state index is 0.0203. The van der Waals surface area contributed by atoms with Gasteiger partial charge in [-0.05, 0) is 37.5 Å². The van der Waals surface area contributed by atoms with Crippen molar-refractivity contribution in [2.75, 3.05) is 0 Å². The molecule has 0 amide bonds. The Balaban J connectivity index is 2.63. The van der Waals surface area contributed by atoms with Gasteiger partial charge in [-0.3, -0.25) is 0 Å². The van der Waals surface area contributed by atoms with Gasteiger partial charge in [0, 0.05) is 5.41 Å². The van der Waals surface area contributed by atoms with Gasteiger partial charge >= 0.3 is 0 Å². The zero-order valence-corrected chi connectivity index (χ0v) is 8.47. The van der Waals surface area contributed by atoms with Crippen LogP contribution < -0.4 is 0 Å². The lowest BCUT2D eigenvalue weighted by Crippen LogP contribution is -2.33. The Hall–Kier alpha value is -0.330. The second-order valence-corrected chi connectivity index (χ2v) is 4.69. The molecule has 0 spiro atoms. The van der Waals surface area contributed by atoms with Crippen LogP contribution in [-0.2, 0) is 4.79 Å². The van der Waals surface area contributed by atoms with E-state index in [1.54, 1.807) is 0 Å². The van der Waals surface area contributed by atoms with Gasteiger partial charge in [-0.2, -0.15) is 0 Å². The van der Waals surface area contributed by atoms with Gasteiger partial charge in [0.2, 0.25) is 0 Å². The van der Waals surface area contributed by atoms with E-state index in [1.807, 2.05) is 0 Å². The number of hydrogen-bond acceptors (Lipinski definition) is 1. The molecule has 1 nitrogen and oxygen atoms in total. The molecule has 70 valence electrons. The maximum absolute atomic E-state index is 11.0. The molecule has 0 N–H and O–H groups in total. The maximum Gasteiger partial charge on any atom is 0.126 e. The SMILES string of the molecule is CC1CCC(C=O)(C(C)C)CC1. The third-order valence-corrected chi connectivity index (χ3v) is 3.59. The van der Waals surface area contributed by atoms with Gasteiger partial charge in [0.25, 0.3) is 0 Å². The first-order valence-corrected chi connectivity index (χ1v) is 5.07. The average molecular weight is 168 g/mol. The van der Waals surface area contributed by atoms with Crippen LogP contribution in [0.1, 0.15) is 46.5 Å². The molecule has 1 aliphatic rings. The highest BCUT2D eigenvalue weighted by Gasteiger charge is 2.36. The highest BCUT2D eigenvalue weighted by molar-refractivity contribution is 5.60. The molecule has 0 atom stereocenters. The summed E-state index contributed by atoms with van der Waals surface area (Å²) >= 11 is 0. The van der Waals surface area contributed by atoms with Gasteiger partial charge in [-0.25, -0.2) is 0 Å². The van der Waals surface area contributed by atoms with Crippen LogP contribution in [-0.4, -0.2) is 6.29 Å². The quantitative estimate of drug-likeness (QED) is 0.579. The molecule has 0 aliphatic heterocycles. The van der Waals surface area contributed by atoms with E-state index in [0.717, 1.165) is 18.8 Å².